The summed E-state index contributed by atoms with van der Waals surface area (Å²) in [4.78, 5) is 28.5. The maximum Gasteiger partial charge on any atom is 0.315 e. The number of nitrogens with zero attached hydrogens (tertiary/aromatic N) is 2. The van der Waals surface area contributed by atoms with Crippen molar-refractivity contribution in [3.05, 3.63) is 29.3 Å². The quantitative estimate of drug-likeness (QED) is 0.657. The molecule has 1 heterocycles. The van der Waals surface area contributed by atoms with E-state index >= 15 is 0 Å². The molecule has 3 rings (SSSR count). The Morgan fingerprint density at radius 1 is 1.03 bits per heavy atom. The van der Waals surface area contributed by atoms with E-state index in [-0.39, 0.29) is 18.0 Å². The summed E-state index contributed by atoms with van der Waals surface area (Å²) in [5.74, 6) is 0.915. The third-order valence-electron chi connectivity index (χ3n) is 5.78. The van der Waals surface area contributed by atoms with Gasteiger partial charge in [0, 0.05) is 56.8 Å². The first-order valence-electron chi connectivity index (χ1n) is 11.0. The van der Waals surface area contributed by atoms with E-state index in [0.29, 0.717) is 37.7 Å². The number of carbonyl (C=O) groups excluding carboxylic acids is 2. The molecule has 30 heavy (non-hydrogen) atoms. The second kappa shape index (κ2) is 12.0. The van der Waals surface area contributed by atoms with Gasteiger partial charge in [0.1, 0.15) is 12.4 Å². The Kier molecular flexibility index (Phi) is 9.08. The number of halogens is 1. The van der Waals surface area contributed by atoms with Gasteiger partial charge in [0.05, 0.1) is 0 Å². The van der Waals surface area contributed by atoms with Gasteiger partial charge < -0.3 is 20.3 Å². The van der Waals surface area contributed by atoms with E-state index in [9.17, 15) is 9.59 Å². The van der Waals surface area contributed by atoms with Crippen LogP contribution in [0.5, 0.6) is 5.75 Å². The molecule has 2 aliphatic rings. The number of hydrogen-bond acceptors (Lipinski definition) is 4. The van der Waals surface area contributed by atoms with Crippen molar-refractivity contribution in [3.8, 4) is 5.75 Å². The van der Waals surface area contributed by atoms with Crippen LogP contribution in [0.15, 0.2) is 24.3 Å². The maximum absolute atomic E-state index is 12.4. The van der Waals surface area contributed by atoms with E-state index in [0.717, 1.165) is 38.2 Å². The van der Waals surface area contributed by atoms with Crippen LogP contribution in [0.3, 0.4) is 0 Å². The topological polar surface area (TPSA) is 73.9 Å². The van der Waals surface area contributed by atoms with E-state index in [1.54, 1.807) is 0 Å². The van der Waals surface area contributed by atoms with Gasteiger partial charge in [-0.05, 0) is 37.1 Å². The summed E-state index contributed by atoms with van der Waals surface area (Å²) in [6, 6.07) is 7.49. The van der Waals surface area contributed by atoms with Gasteiger partial charge in [-0.25, -0.2) is 4.79 Å². The molecule has 1 aliphatic carbocycles. The lowest BCUT2D eigenvalue weighted by Gasteiger charge is -2.34. The molecule has 7 nitrogen and oxygen atoms in total. The molecular formula is C22H33ClN4O3. The van der Waals surface area contributed by atoms with Crippen LogP contribution in [0.2, 0.25) is 5.02 Å². The van der Waals surface area contributed by atoms with Gasteiger partial charge in [-0.15, -0.1) is 0 Å². The predicted octanol–water partition coefficient (Wildman–Crippen LogP) is 2.89. The van der Waals surface area contributed by atoms with E-state index in [1.807, 2.05) is 29.2 Å². The monoisotopic (exact) mass is 436 g/mol. The van der Waals surface area contributed by atoms with Crippen molar-refractivity contribution in [2.75, 3.05) is 45.9 Å². The van der Waals surface area contributed by atoms with Crippen molar-refractivity contribution in [3.63, 3.8) is 0 Å². The number of carbonyl (C=O) groups is 2. The Labute approximate surface area is 184 Å². The highest BCUT2D eigenvalue weighted by atomic mass is 35.5. The second-order valence-corrected chi connectivity index (χ2v) is 8.45. The van der Waals surface area contributed by atoms with Gasteiger partial charge in [-0.3, -0.25) is 9.69 Å². The Bertz CT molecular complexity index is 671. The van der Waals surface area contributed by atoms with Gasteiger partial charge in [-0.1, -0.05) is 30.9 Å². The van der Waals surface area contributed by atoms with E-state index in [4.69, 9.17) is 16.3 Å². The van der Waals surface area contributed by atoms with Crippen molar-refractivity contribution in [1.82, 2.24) is 20.4 Å². The number of rotatable bonds is 8. The smallest absolute Gasteiger partial charge is 0.315 e. The summed E-state index contributed by atoms with van der Waals surface area (Å²) in [7, 11) is 0. The normalized spacial score (nSPS) is 18.1. The summed E-state index contributed by atoms with van der Waals surface area (Å²) in [6.07, 6.45) is 6.09. The SMILES string of the molecule is O=C(NCCC(=O)N1CCN(CCOc2ccc(Cl)cc2)CC1)NC1CCCCC1. The van der Waals surface area contributed by atoms with Crippen molar-refractivity contribution in [1.29, 1.82) is 0 Å². The Morgan fingerprint density at radius 2 is 1.73 bits per heavy atom. The average molecular weight is 437 g/mol. The largest absolute Gasteiger partial charge is 0.492 e. The highest BCUT2D eigenvalue weighted by molar-refractivity contribution is 6.30. The van der Waals surface area contributed by atoms with Crippen LogP contribution in [0.4, 0.5) is 4.79 Å². The number of nitrogens with one attached hydrogen (secondary N) is 2. The Hall–Kier alpha value is -1.99. The highest BCUT2D eigenvalue weighted by Crippen LogP contribution is 2.17. The third kappa shape index (κ3) is 7.69. The van der Waals surface area contributed by atoms with Gasteiger partial charge >= 0.3 is 6.03 Å². The summed E-state index contributed by atoms with van der Waals surface area (Å²) >= 11 is 5.87. The fraction of sp³-hybridized carbons (Fsp3) is 0.636. The lowest BCUT2D eigenvalue weighted by Crippen LogP contribution is -2.50. The molecule has 166 valence electrons. The van der Waals surface area contributed by atoms with Crippen LogP contribution in [0.25, 0.3) is 0 Å². The number of piperazine rings is 1. The van der Waals surface area contributed by atoms with E-state index in [1.165, 1.54) is 19.3 Å². The molecule has 1 aromatic carbocycles. The minimum Gasteiger partial charge on any atom is -0.492 e. The molecule has 0 atom stereocenters. The maximum atomic E-state index is 12.4. The van der Waals surface area contributed by atoms with Crippen LogP contribution in [-0.2, 0) is 4.79 Å². The molecule has 0 aromatic heterocycles. The number of ether oxygens (including phenoxy) is 1. The molecule has 2 N–H and O–H groups in total. The minimum absolute atomic E-state index is 0.102. The minimum atomic E-state index is -0.153. The molecule has 0 bridgehead atoms. The second-order valence-electron chi connectivity index (χ2n) is 8.01. The molecule has 0 spiro atoms. The first kappa shape index (κ1) is 22.7. The van der Waals surface area contributed by atoms with Crippen molar-refractivity contribution in [2.24, 2.45) is 0 Å². The lowest BCUT2D eigenvalue weighted by atomic mass is 9.96. The lowest BCUT2D eigenvalue weighted by molar-refractivity contribution is -0.132. The summed E-state index contributed by atoms with van der Waals surface area (Å²) < 4.78 is 5.74. The third-order valence-corrected chi connectivity index (χ3v) is 6.03. The fourth-order valence-corrected chi connectivity index (χ4v) is 4.09. The zero-order valence-corrected chi connectivity index (χ0v) is 18.3. The summed E-state index contributed by atoms with van der Waals surface area (Å²) in [5, 5.41) is 6.53. The van der Waals surface area contributed by atoms with Crippen molar-refractivity contribution >= 4 is 23.5 Å². The molecule has 1 aromatic rings. The predicted molar refractivity (Wildman–Crippen MR) is 118 cm³/mol. The Morgan fingerprint density at radius 3 is 2.43 bits per heavy atom. The van der Waals surface area contributed by atoms with E-state index in [2.05, 4.69) is 15.5 Å². The van der Waals surface area contributed by atoms with Crippen LogP contribution in [-0.4, -0.2) is 73.7 Å². The standard InChI is InChI=1S/C22H33ClN4O3/c23-18-6-8-20(9-7-18)30-17-16-26-12-14-27(15-13-26)21(28)10-11-24-22(29)25-19-4-2-1-3-5-19/h6-9,19H,1-5,10-17H2,(H2,24,25,29). The first-order chi connectivity index (χ1) is 14.6. The zero-order valence-electron chi connectivity index (χ0n) is 17.6. The highest BCUT2D eigenvalue weighted by Gasteiger charge is 2.21. The van der Waals surface area contributed by atoms with Crippen molar-refractivity contribution in [2.45, 2.75) is 44.6 Å². The van der Waals surface area contributed by atoms with Crippen LogP contribution in [0, 0.1) is 0 Å². The summed E-state index contributed by atoms with van der Waals surface area (Å²) in [5.41, 5.74) is 0. The molecule has 2 fully saturated rings. The zero-order chi connectivity index (χ0) is 21.2. The van der Waals surface area contributed by atoms with Gasteiger partial charge in [0.25, 0.3) is 0 Å². The van der Waals surface area contributed by atoms with Gasteiger partial charge in [0.15, 0.2) is 0 Å². The number of urea groups is 1. The molecule has 1 saturated heterocycles. The first-order valence-corrected chi connectivity index (χ1v) is 11.4. The van der Waals surface area contributed by atoms with Gasteiger partial charge in [0.2, 0.25) is 5.91 Å². The fourth-order valence-electron chi connectivity index (χ4n) is 3.97. The summed E-state index contributed by atoms with van der Waals surface area (Å²) in [6.45, 7) is 4.93. The molecular weight excluding hydrogens is 404 g/mol. The van der Waals surface area contributed by atoms with Crippen LogP contribution in [0.1, 0.15) is 38.5 Å². The molecule has 3 amide bonds. The van der Waals surface area contributed by atoms with Crippen molar-refractivity contribution < 1.29 is 14.3 Å². The average Bonchev–Trinajstić information content (AvgIpc) is 2.76. The molecule has 1 aliphatic heterocycles. The Balaban J connectivity index is 1.24. The number of benzene rings is 1. The molecule has 0 radical (unpaired) electrons. The molecule has 0 unspecified atom stereocenters. The molecule has 8 heteroatoms. The van der Waals surface area contributed by atoms with Gasteiger partial charge in [-0.2, -0.15) is 0 Å². The van der Waals surface area contributed by atoms with E-state index < -0.39 is 0 Å². The number of amides is 3. The molecule has 1 saturated carbocycles. The number of hydrogen-bond donors (Lipinski definition) is 2. The van der Waals surface area contributed by atoms with Crippen LogP contribution < -0.4 is 15.4 Å². The van der Waals surface area contributed by atoms with Crippen LogP contribution >= 0.6 is 11.6 Å².